The fourth-order valence-corrected chi connectivity index (χ4v) is 2.26. The molecule has 17 heavy (non-hydrogen) atoms. The topological polar surface area (TPSA) is 72.0 Å². The van der Waals surface area contributed by atoms with E-state index in [1.165, 1.54) is 24.5 Å². The summed E-state index contributed by atoms with van der Waals surface area (Å²) in [5, 5.41) is 0. The molecule has 7 heteroatoms. The molecule has 0 spiro atoms. The third-order valence-corrected chi connectivity index (χ3v) is 3.58. The second-order valence-electron chi connectivity index (χ2n) is 3.17. The van der Waals surface area contributed by atoms with Crippen molar-refractivity contribution in [2.45, 2.75) is 9.79 Å². The van der Waals surface area contributed by atoms with Crippen LogP contribution in [0.15, 0.2) is 52.5 Å². The molecule has 0 radical (unpaired) electrons. The summed E-state index contributed by atoms with van der Waals surface area (Å²) >= 11 is 4.09. The van der Waals surface area contributed by atoms with Crippen molar-refractivity contribution in [1.29, 1.82) is 0 Å². The number of hydrogen-bond donors (Lipinski definition) is 2. The number of nitrogens with zero attached hydrogens (tertiary/aromatic N) is 2. The van der Waals surface area contributed by atoms with Gasteiger partial charge in [0.05, 0.1) is 4.90 Å². The number of hydrogen-bond acceptors (Lipinski definition) is 5. The summed E-state index contributed by atoms with van der Waals surface area (Å²) in [6.07, 6.45) is 2.92. The Bertz CT molecular complexity index is 597. The number of thiol groups is 1. The van der Waals surface area contributed by atoms with E-state index in [-0.39, 0.29) is 10.8 Å². The molecule has 0 saturated carbocycles. The SMILES string of the molecule is O=S(=O)(Nc1ncccn1)c1ccc(S)cc1. The normalized spacial score (nSPS) is 11.1. The number of nitrogens with one attached hydrogen (secondary N) is 1. The molecule has 1 aromatic heterocycles. The van der Waals surface area contributed by atoms with Gasteiger partial charge in [0.2, 0.25) is 5.95 Å². The molecule has 2 aromatic rings. The van der Waals surface area contributed by atoms with Crippen LogP contribution < -0.4 is 4.72 Å². The van der Waals surface area contributed by atoms with E-state index in [0.29, 0.717) is 4.90 Å². The lowest BCUT2D eigenvalue weighted by atomic mass is 10.4. The Hall–Kier alpha value is -1.60. The van der Waals surface area contributed by atoms with Gasteiger partial charge in [-0.3, -0.25) is 0 Å². The van der Waals surface area contributed by atoms with E-state index >= 15 is 0 Å². The first-order valence-corrected chi connectivity index (χ1v) is 6.60. The quantitative estimate of drug-likeness (QED) is 0.828. The Morgan fingerprint density at radius 1 is 1.06 bits per heavy atom. The fourth-order valence-electron chi connectivity index (χ4n) is 1.16. The maximum atomic E-state index is 11.9. The van der Waals surface area contributed by atoms with Gasteiger partial charge in [0.1, 0.15) is 0 Å². The highest BCUT2D eigenvalue weighted by Crippen LogP contribution is 2.15. The number of aromatic nitrogens is 2. The van der Waals surface area contributed by atoms with Gasteiger partial charge < -0.3 is 0 Å². The predicted octanol–water partition coefficient (Wildman–Crippen LogP) is 1.57. The van der Waals surface area contributed by atoms with Gasteiger partial charge >= 0.3 is 0 Å². The van der Waals surface area contributed by atoms with Gasteiger partial charge in [-0.25, -0.2) is 23.1 Å². The molecule has 88 valence electrons. The van der Waals surface area contributed by atoms with E-state index in [9.17, 15) is 8.42 Å². The van der Waals surface area contributed by atoms with Crippen molar-refractivity contribution < 1.29 is 8.42 Å². The van der Waals surface area contributed by atoms with Crippen LogP contribution in [0, 0.1) is 0 Å². The molecule has 1 aromatic carbocycles. The molecule has 0 aliphatic carbocycles. The highest BCUT2D eigenvalue weighted by Gasteiger charge is 2.14. The van der Waals surface area contributed by atoms with Crippen LogP contribution >= 0.6 is 12.6 Å². The molecule has 0 bridgehead atoms. The largest absolute Gasteiger partial charge is 0.264 e. The molecular weight excluding hydrogens is 258 g/mol. The molecular formula is C10H9N3O2S2. The van der Waals surface area contributed by atoms with Crippen LogP contribution in [-0.2, 0) is 10.0 Å². The lowest BCUT2D eigenvalue weighted by Crippen LogP contribution is -2.14. The molecule has 0 saturated heterocycles. The maximum absolute atomic E-state index is 11.9. The zero-order valence-electron chi connectivity index (χ0n) is 8.61. The van der Waals surface area contributed by atoms with E-state index in [0.717, 1.165) is 0 Å². The highest BCUT2D eigenvalue weighted by molar-refractivity contribution is 7.92. The van der Waals surface area contributed by atoms with Crippen LogP contribution in [0.3, 0.4) is 0 Å². The molecule has 0 unspecified atom stereocenters. The van der Waals surface area contributed by atoms with Crippen LogP contribution in [-0.4, -0.2) is 18.4 Å². The summed E-state index contributed by atoms with van der Waals surface area (Å²) in [5.74, 6) is 0.0439. The summed E-state index contributed by atoms with van der Waals surface area (Å²) in [6, 6.07) is 7.74. The van der Waals surface area contributed by atoms with Crippen LogP contribution in [0.25, 0.3) is 0 Å². The predicted molar refractivity (Wildman–Crippen MR) is 66.5 cm³/mol. The van der Waals surface area contributed by atoms with E-state index in [1.807, 2.05) is 0 Å². The summed E-state index contributed by atoms with van der Waals surface area (Å²) in [4.78, 5) is 8.42. The average Bonchev–Trinajstić information content (AvgIpc) is 2.30. The van der Waals surface area contributed by atoms with E-state index in [4.69, 9.17) is 0 Å². The van der Waals surface area contributed by atoms with Crippen molar-refractivity contribution in [2.75, 3.05) is 4.72 Å². The maximum Gasteiger partial charge on any atom is 0.264 e. The minimum atomic E-state index is -3.64. The Morgan fingerprint density at radius 3 is 2.24 bits per heavy atom. The van der Waals surface area contributed by atoms with Crippen molar-refractivity contribution in [3.63, 3.8) is 0 Å². The first-order chi connectivity index (χ1) is 8.08. The Kier molecular flexibility index (Phi) is 3.30. The Labute approximate surface area is 104 Å². The average molecular weight is 267 g/mol. The Balaban J connectivity index is 2.29. The van der Waals surface area contributed by atoms with Crippen molar-refractivity contribution in [3.8, 4) is 0 Å². The molecule has 0 amide bonds. The van der Waals surface area contributed by atoms with E-state index in [1.54, 1.807) is 18.2 Å². The molecule has 0 aliphatic heterocycles. The zero-order valence-corrected chi connectivity index (χ0v) is 10.3. The second kappa shape index (κ2) is 4.72. The third kappa shape index (κ3) is 2.95. The van der Waals surface area contributed by atoms with E-state index in [2.05, 4.69) is 27.3 Å². The van der Waals surface area contributed by atoms with Gasteiger partial charge in [-0.1, -0.05) is 0 Å². The van der Waals surface area contributed by atoms with Gasteiger partial charge in [0.25, 0.3) is 10.0 Å². The van der Waals surface area contributed by atoms with Crippen molar-refractivity contribution in [3.05, 3.63) is 42.7 Å². The van der Waals surface area contributed by atoms with Gasteiger partial charge in [-0.05, 0) is 30.3 Å². The van der Waals surface area contributed by atoms with Gasteiger partial charge in [0, 0.05) is 17.3 Å². The van der Waals surface area contributed by atoms with Crippen LogP contribution in [0.5, 0.6) is 0 Å². The van der Waals surface area contributed by atoms with Gasteiger partial charge in [0.15, 0.2) is 0 Å². The Morgan fingerprint density at radius 2 is 1.65 bits per heavy atom. The molecule has 5 nitrogen and oxygen atoms in total. The number of benzene rings is 1. The molecule has 1 heterocycles. The molecule has 2 rings (SSSR count). The minimum absolute atomic E-state index is 0.0439. The first-order valence-electron chi connectivity index (χ1n) is 4.67. The van der Waals surface area contributed by atoms with Crippen molar-refractivity contribution in [2.24, 2.45) is 0 Å². The van der Waals surface area contributed by atoms with Crippen molar-refractivity contribution in [1.82, 2.24) is 9.97 Å². The number of anilines is 1. The molecule has 0 fully saturated rings. The van der Waals surface area contributed by atoms with Crippen molar-refractivity contribution >= 4 is 28.6 Å². The fraction of sp³-hybridized carbons (Fsp3) is 0. The van der Waals surface area contributed by atoms with Crippen LogP contribution in [0.4, 0.5) is 5.95 Å². The smallest absolute Gasteiger partial charge is 0.247 e. The number of rotatable bonds is 3. The third-order valence-electron chi connectivity index (χ3n) is 1.94. The standard InChI is InChI=1S/C10H9N3O2S2/c14-17(15,9-4-2-8(16)3-5-9)13-10-11-6-1-7-12-10/h1-7,16H,(H,11,12,13). The summed E-state index contributed by atoms with van der Waals surface area (Å²) in [7, 11) is -3.64. The van der Waals surface area contributed by atoms with Gasteiger partial charge in [-0.2, -0.15) is 0 Å². The lowest BCUT2D eigenvalue weighted by Gasteiger charge is -2.05. The van der Waals surface area contributed by atoms with Crippen LogP contribution in [0.1, 0.15) is 0 Å². The number of sulfonamides is 1. The molecule has 1 N–H and O–H groups in total. The zero-order chi connectivity index (χ0) is 12.3. The summed E-state index contributed by atoms with van der Waals surface area (Å²) in [5.41, 5.74) is 0. The second-order valence-corrected chi connectivity index (χ2v) is 5.37. The first kappa shape index (κ1) is 11.9. The monoisotopic (exact) mass is 267 g/mol. The molecule has 0 aliphatic rings. The summed E-state index contributed by atoms with van der Waals surface area (Å²) < 4.78 is 26.1. The molecule has 0 atom stereocenters. The minimum Gasteiger partial charge on any atom is -0.247 e. The summed E-state index contributed by atoms with van der Waals surface area (Å²) in [6.45, 7) is 0. The van der Waals surface area contributed by atoms with Gasteiger partial charge in [-0.15, -0.1) is 12.6 Å². The lowest BCUT2D eigenvalue weighted by molar-refractivity contribution is 0.600. The van der Waals surface area contributed by atoms with Crippen LogP contribution in [0.2, 0.25) is 0 Å². The van der Waals surface area contributed by atoms with E-state index < -0.39 is 10.0 Å². The highest BCUT2D eigenvalue weighted by atomic mass is 32.2.